The molecule has 4 nitrogen and oxygen atoms in total. The second kappa shape index (κ2) is 6.92. The van der Waals surface area contributed by atoms with Crippen molar-refractivity contribution < 1.29 is 4.74 Å². The van der Waals surface area contributed by atoms with Gasteiger partial charge in [0.1, 0.15) is 5.75 Å². The minimum Gasteiger partial charge on any atom is -0.497 e. The summed E-state index contributed by atoms with van der Waals surface area (Å²) in [6.07, 6.45) is 5.46. The molecule has 0 unspecified atom stereocenters. The molecule has 0 aliphatic rings. The molecule has 0 spiro atoms. The van der Waals surface area contributed by atoms with E-state index in [1.54, 1.807) is 13.3 Å². The quantitative estimate of drug-likeness (QED) is 0.772. The van der Waals surface area contributed by atoms with Crippen LogP contribution in [0.3, 0.4) is 0 Å². The molecule has 0 aliphatic carbocycles. The second-order valence-corrected chi connectivity index (χ2v) is 5.33. The number of aryl methyl sites for hydroxylation is 1. The van der Waals surface area contributed by atoms with Gasteiger partial charge in [-0.05, 0) is 48.4 Å². The van der Waals surface area contributed by atoms with Gasteiger partial charge in [-0.15, -0.1) is 0 Å². The molecule has 0 saturated carbocycles. The van der Waals surface area contributed by atoms with Crippen molar-refractivity contribution in [2.24, 2.45) is 0 Å². The predicted octanol–water partition coefficient (Wildman–Crippen LogP) is 4.07. The summed E-state index contributed by atoms with van der Waals surface area (Å²) in [7, 11) is 1.67. The zero-order valence-electron chi connectivity index (χ0n) is 13.3. The molecule has 0 amide bonds. The van der Waals surface area contributed by atoms with Crippen LogP contribution >= 0.6 is 0 Å². The first-order valence-electron chi connectivity index (χ1n) is 7.50. The van der Waals surface area contributed by atoms with Crippen LogP contribution in [0.4, 0.5) is 5.69 Å². The SMILES string of the molecule is COc1ccc(CNc2cnc(-c3cccnc3)c(C)c2)cc1. The maximum absolute atomic E-state index is 5.17. The van der Waals surface area contributed by atoms with E-state index >= 15 is 0 Å². The number of nitrogens with one attached hydrogen (secondary N) is 1. The summed E-state index contributed by atoms with van der Waals surface area (Å²) in [6, 6.07) is 14.1. The standard InChI is InChI=1S/C19H19N3O/c1-14-10-17(13-22-19(14)16-4-3-9-20-12-16)21-11-15-5-7-18(23-2)8-6-15/h3-10,12-13,21H,11H2,1-2H3. The molecule has 2 aromatic heterocycles. The summed E-state index contributed by atoms with van der Waals surface area (Å²) < 4.78 is 5.17. The maximum Gasteiger partial charge on any atom is 0.118 e. The number of pyridine rings is 2. The summed E-state index contributed by atoms with van der Waals surface area (Å²) in [6.45, 7) is 2.81. The van der Waals surface area contributed by atoms with Crippen molar-refractivity contribution in [3.05, 3.63) is 72.2 Å². The number of hydrogen-bond acceptors (Lipinski definition) is 4. The van der Waals surface area contributed by atoms with Crippen molar-refractivity contribution in [2.75, 3.05) is 12.4 Å². The van der Waals surface area contributed by atoms with Gasteiger partial charge in [-0.2, -0.15) is 0 Å². The Morgan fingerprint density at radius 2 is 1.91 bits per heavy atom. The largest absolute Gasteiger partial charge is 0.497 e. The predicted molar refractivity (Wildman–Crippen MR) is 92.5 cm³/mol. The first-order chi connectivity index (χ1) is 11.3. The Labute approximate surface area is 136 Å². The highest BCUT2D eigenvalue weighted by atomic mass is 16.5. The van der Waals surface area contributed by atoms with Crippen LogP contribution in [-0.4, -0.2) is 17.1 Å². The van der Waals surface area contributed by atoms with E-state index in [2.05, 4.69) is 40.4 Å². The third kappa shape index (κ3) is 3.66. The molecular formula is C19H19N3O. The van der Waals surface area contributed by atoms with Crippen LogP contribution in [0, 0.1) is 6.92 Å². The Kier molecular flexibility index (Phi) is 4.52. The summed E-state index contributed by atoms with van der Waals surface area (Å²) >= 11 is 0. The van der Waals surface area contributed by atoms with Crippen molar-refractivity contribution in [2.45, 2.75) is 13.5 Å². The molecule has 1 N–H and O–H groups in total. The molecule has 0 fully saturated rings. The summed E-state index contributed by atoms with van der Waals surface area (Å²) in [5, 5.41) is 3.40. The van der Waals surface area contributed by atoms with Crippen LogP contribution < -0.4 is 10.1 Å². The molecule has 0 saturated heterocycles. The van der Waals surface area contributed by atoms with Gasteiger partial charge < -0.3 is 10.1 Å². The minimum atomic E-state index is 0.747. The molecule has 2 heterocycles. The molecule has 0 atom stereocenters. The van der Waals surface area contributed by atoms with Gasteiger partial charge in [0.2, 0.25) is 0 Å². The lowest BCUT2D eigenvalue weighted by Gasteiger charge is -2.10. The zero-order valence-corrected chi connectivity index (χ0v) is 13.3. The van der Waals surface area contributed by atoms with E-state index in [1.807, 2.05) is 36.7 Å². The van der Waals surface area contributed by atoms with Crippen molar-refractivity contribution in [1.82, 2.24) is 9.97 Å². The van der Waals surface area contributed by atoms with Crippen LogP contribution in [-0.2, 0) is 6.54 Å². The van der Waals surface area contributed by atoms with Crippen LogP contribution in [0.15, 0.2) is 61.1 Å². The lowest BCUT2D eigenvalue weighted by molar-refractivity contribution is 0.414. The van der Waals surface area contributed by atoms with Crippen LogP contribution in [0.1, 0.15) is 11.1 Å². The first kappa shape index (κ1) is 15.0. The van der Waals surface area contributed by atoms with Gasteiger partial charge in [-0.1, -0.05) is 12.1 Å². The number of ether oxygens (including phenoxy) is 1. The van der Waals surface area contributed by atoms with Gasteiger partial charge >= 0.3 is 0 Å². The molecule has 0 radical (unpaired) electrons. The van der Waals surface area contributed by atoms with E-state index in [-0.39, 0.29) is 0 Å². The lowest BCUT2D eigenvalue weighted by Crippen LogP contribution is -2.01. The normalized spacial score (nSPS) is 10.3. The number of methoxy groups -OCH3 is 1. The average molecular weight is 305 g/mol. The van der Waals surface area contributed by atoms with Crippen molar-refractivity contribution >= 4 is 5.69 Å². The number of rotatable bonds is 5. The van der Waals surface area contributed by atoms with Gasteiger partial charge in [-0.3, -0.25) is 9.97 Å². The number of benzene rings is 1. The van der Waals surface area contributed by atoms with E-state index in [0.29, 0.717) is 0 Å². The van der Waals surface area contributed by atoms with E-state index in [4.69, 9.17) is 4.74 Å². The summed E-state index contributed by atoms with van der Waals surface area (Å²) in [5.74, 6) is 0.868. The Bertz CT molecular complexity index is 770. The topological polar surface area (TPSA) is 47.0 Å². The second-order valence-electron chi connectivity index (χ2n) is 5.33. The Morgan fingerprint density at radius 3 is 2.57 bits per heavy atom. The van der Waals surface area contributed by atoms with Crippen molar-refractivity contribution in [3.8, 4) is 17.0 Å². The Balaban J connectivity index is 1.70. The molecule has 1 aromatic carbocycles. The van der Waals surface area contributed by atoms with Gasteiger partial charge in [0.15, 0.2) is 0 Å². The minimum absolute atomic E-state index is 0.747. The lowest BCUT2D eigenvalue weighted by atomic mass is 10.1. The molecule has 3 rings (SSSR count). The van der Waals surface area contributed by atoms with Gasteiger partial charge in [0.05, 0.1) is 24.7 Å². The Hall–Kier alpha value is -2.88. The van der Waals surface area contributed by atoms with Crippen LogP contribution in [0.2, 0.25) is 0 Å². The Morgan fingerprint density at radius 1 is 1.09 bits per heavy atom. The number of hydrogen-bond donors (Lipinski definition) is 1. The van der Waals surface area contributed by atoms with E-state index in [0.717, 1.165) is 34.8 Å². The van der Waals surface area contributed by atoms with Gasteiger partial charge in [0.25, 0.3) is 0 Å². The molecule has 4 heteroatoms. The molecule has 3 aromatic rings. The average Bonchev–Trinajstić information content (AvgIpc) is 2.61. The van der Waals surface area contributed by atoms with Crippen molar-refractivity contribution in [3.63, 3.8) is 0 Å². The monoisotopic (exact) mass is 305 g/mol. The molecular weight excluding hydrogens is 286 g/mol. The maximum atomic E-state index is 5.17. The number of aromatic nitrogens is 2. The fourth-order valence-electron chi connectivity index (χ4n) is 2.42. The highest BCUT2D eigenvalue weighted by molar-refractivity contribution is 5.64. The van der Waals surface area contributed by atoms with Crippen molar-refractivity contribution in [1.29, 1.82) is 0 Å². The third-order valence-electron chi connectivity index (χ3n) is 3.67. The van der Waals surface area contributed by atoms with Gasteiger partial charge in [0, 0.05) is 24.5 Å². The highest BCUT2D eigenvalue weighted by Gasteiger charge is 2.05. The van der Waals surface area contributed by atoms with Crippen LogP contribution in [0.5, 0.6) is 5.75 Å². The number of nitrogens with zero attached hydrogens (tertiary/aromatic N) is 2. The smallest absolute Gasteiger partial charge is 0.118 e. The van der Waals surface area contributed by atoms with E-state index < -0.39 is 0 Å². The fraction of sp³-hybridized carbons (Fsp3) is 0.158. The first-order valence-corrected chi connectivity index (χ1v) is 7.50. The van der Waals surface area contributed by atoms with Crippen LogP contribution in [0.25, 0.3) is 11.3 Å². The third-order valence-corrected chi connectivity index (χ3v) is 3.67. The summed E-state index contributed by atoms with van der Waals surface area (Å²) in [4.78, 5) is 8.71. The molecule has 23 heavy (non-hydrogen) atoms. The molecule has 0 bridgehead atoms. The molecule has 116 valence electrons. The zero-order chi connectivity index (χ0) is 16.1. The molecule has 0 aliphatic heterocycles. The van der Waals surface area contributed by atoms with E-state index in [1.165, 1.54) is 5.56 Å². The highest BCUT2D eigenvalue weighted by Crippen LogP contribution is 2.22. The fourth-order valence-corrected chi connectivity index (χ4v) is 2.42. The number of anilines is 1. The summed E-state index contributed by atoms with van der Waals surface area (Å²) in [5.41, 5.74) is 5.32. The van der Waals surface area contributed by atoms with Gasteiger partial charge in [-0.25, -0.2) is 0 Å². The van der Waals surface area contributed by atoms with E-state index in [9.17, 15) is 0 Å².